The minimum absolute atomic E-state index is 0.0246. The lowest BCUT2D eigenvalue weighted by Crippen LogP contribution is -2.61. The number of hydrogen-bond acceptors (Lipinski definition) is 5. The number of rotatable bonds is 1. The van der Waals surface area contributed by atoms with Gasteiger partial charge in [-0.05, 0) is 31.4 Å². The molecule has 0 bridgehead atoms. The Morgan fingerprint density at radius 1 is 1.37 bits per heavy atom. The highest BCUT2D eigenvalue weighted by molar-refractivity contribution is 5.89. The average molecular weight is 367 g/mol. The largest absolute Gasteiger partial charge is 0.497 e. The van der Waals surface area contributed by atoms with Crippen molar-refractivity contribution in [2.24, 2.45) is 17.6 Å². The lowest BCUT2D eigenvalue weighted by Gasteiger charge is -2.52. The number of piperidine rings is 1. The van der Waals surface area contributed by atoms with Gasteiger partial charge in [0.2, 0.25) is 0 Å². The smallest absolute Gasteiger partial charge is 0.337 e. The minimum Gasteiger partial charge on any atom is -0.497 e. The lowest BCUT2D eigenvalue weighted by molar-refractivity contribution is -0.140. The highest BCUT2D eigenvalue weighted by atomic mass is 16.5. The van der Waals surface area contributed by atoms with Crippen LogP contribution in [0.3, 0.4) is 0 Å². The van der Waals surface area contributed by atoms with E-state index in [1.807, 2.05) is 6.92 Å². The third kappa shape index (κ3) is 2.36. The van der Waals surface area contributed by atoms with Crippen LogP contribution in [0.4, 0.5) is 0 Å². The van der Waals surface area contributed by atoms with E-state index >= 15 is 0 Å². The fraction of sp³-hybridized carbons (Fsp3) is 0.476. The Kier molecular flexibility index (Phi) is 3.81. The molecule has 0 saturated carbocycles. The van der Waals surface area contributed by atoms with Crippen LogP contribution in [0, 0.1) is 11.8 Å². The SMILES string of the molecule is COC(=O)C1=COC(C)C2C1CC1c3[nH]c4ccccc4c3CCN1C2N. The average Bonchev–Trinajstić information content (AvgIpc) is 3.07. The Labute approximate surface area is 158 Å². The standard InChI is InChI=1S/C21H25N3O3/c1-11-18-14(15(10-27-11)21(25)26-2)9-17-19-13(7-8-24(17)20(18)22)12-5-3-4-6-16(12)23-19/h3-6,10-11,14,17-18,20,23H,7-9,22H2,1-2H3. The second kappa shape index (κ2) is 6.11. The fourth-order valence-electron chi connectivity index (χ4n) is 5.42. The first-order valence-corrected chi connectivity index (χ1v) is 9.64. The van der Waals surface area contributed by atoms with E-state index in [0.29, 0.717) is 5.57 Å². The molecule has 0 amide bonds. The molecule has 5 unspecified atom stereocenters. The van der Waals surface area contributed by atoms with Crippen LogP contribution in [0.25, 0.3) is 10.9 Å². The number of ether oxygens (including phenoxy) is 2. The van der Waals surface area contributed by atoms with Gasteiger partial charge in [-0.2, -0.15) is 0 Å². The summed E-state index contributed by atoms with van der Waals surface area (Å²) in [5.74, 6) is -0.202. The van der Waals surface area contributed by atoms with E-state index in [1.165, 1.54) is 29.3 Å². The maximum Gasteiger partial charge on any atom is 0.337 e. The van der Waals surface area contributed by atoms with Gasteiger partial charge in [0, 0.05) is 35.0 Å². The summed E-state index contributed by atoms with van der Waals surface area (Å²) in [4.78, 5) is 18.4. The van der Waals surface area contributed by atoms with Gasteiger partial charge in [-0.1, -0.05) is 18.2 Å². The van der Waals surface area contributed by atoms with E-state index < -0.39 is 0 Å². The van der Waals surface area contributed by atoms with Crippen LogP contribution in [0.1, 0.15) is 30.6 Å². The normalized spacial score (nSPS) is 32.7. The predicted octanol–water partition coefficient (Wildman–Crippen LogP) is 2.46. The van der Waals surface area contributed by atoms with Crippen molar-refractivity contribution in [3.63, 3.8) is 0 Å². The van der Waals surface area contributed by atoms with Gasteiger partial charge >= 0.3 is 5.97 Å². The number of fused-ring (bicyclic) bond motifs is 6. The van der Waals surface area contributed by atoms with Crippen molar-refractivity contribution in [2.45, 2.75) is 38.1 Å². The molecule has 3 aliphatic rings. The number of H-pyrrole nitrogens is 1. The van der Waals surface area contributed by atoms with E-state index in [4.69, 9.17) is 15.2 Å². The molecule has 6 heteroatoms. The Morgan fingerprint density at radius 2 is 2.19 bits per heavy atom. The summed E-state index contributed by atoms with van der Waals surface area (Å²) in [6.45, 7) is 2.97. The summed E-state index contributed by atoms with van der Waals surface area (Å²) in [7, 11) is 1.42. The molecule has 1 aromatic carbocycles. The van der Waals surface area contributed by atoms with Gasteiger partial charge in [0.25, 0.3) is 0 Å². The molecule has 1 aromatic heterocycles. The molecule has 142 valence electrons. The number of nitrogens with zero attached hydrogens (tertiary/aromatic N) is 1. The van der Waals surface area contributed by atoms with Crippen molar-refractivity contribution in [3.8, 4) is 0 Å². The third-order valence-electron chi connectivity index (χ3n) is 6.69. The van der Waals surface area contributed by atoms with E-state index in [9.17, 15) is 4.79 Å². The Morgan fingerprint density at radius 3 is 3.00 bits per heavy atom. The number of methoxy groups -OCH3 is 1. The summed E-state index contributed by atoms with van der Waals surface area (Å²) in [5, 5.41) is 1.30. The molecule has 27 heavy (non-hydrogen) atoms. The molecule has 0 radical (unpaired) electrons. The minimum atomic E-state index is -0.315. The molecule has 1 fully saturated rings. The monoisotopic (exact) mass is 367 g/mol. The molecule has 3 N–H and O–H groups in total. The second-order valence-electron chi connectivity index (χ2n) is 7.88. The molecular formula is C21H25N3O3. The molecule has 1 saturated heterocycles. The summed E-state index contributed by atoms with van der Waals surface area (Å²) >= 11 is 0. The summed E-state index contributed by atoms with van der Waals surface area (Å²) < 4.78 is 10.8. The van der Waals surface area contributed by atoms with Crippen LogP contribution < -0.4 is 5.73 Å². The lowest BCUT2D eigenvalue weighted by atomic mass is 9.70. The predicted molar refractivity (Wildman–Crippen MR) is 102 cm³/mol. The second-order valence-corrected chi connectivity index (χ2v) is 7.88. The zero-order valence-corrected chi connectivity index (χ0v) is 15.6. The Balaban J connectivity index is 1.59. The van der Waals surface area contributed by atoms with Gasteiger partial charge in [0.05, 0.1) is 31.2 Å². The van der Waals surface area contributed by atoms with Gasteiger partial charge in [-0.3, -0.25) is 4.90 Å². The van der Waals surface area contributed by atoms with Crippen molar-refractivity contribution in [1.82, 2.24) is 9.88 Å². The molecule has 0 aliphatic carbocycles. The van der Waals surface area contributed by atoms with Crippen molar-refractivity contribution < 1.29 is 14.3 Å². The van der Waals surface area contributed by atoms with E-state index in [-0.39, 0.29) is 36.1 Å². The maximum atomic E-state index is 12.3. The summed E-state index contributed by atoms with van der Waals surface area (Å²) in [6.07, 6.45) is 3.23. The topological polar surface area (TPSA) is 80.6 Å². The number of aromatic nitrogens is 1. The number of benzene rings is 1. The Bertz CT molecular complexity index is 934. The number of aromatic amines is 1. The summed E-state index contributed by atoms with van der Waals surface area (Å²) in [5.41, 5.74) is 11.2. The number of nitrogens with two attached hydrogens (primary N) is 1. The number of hydrogen-bond donors (Lipinski definition) is 2. The first kappa shape index (κ1) is 16.8. The first-order chi connectivity index (χ1) is 13.1. The maximum absolute atomic E-state index is 12.3. The van der Waals surface area contributed by atoms with Crippen molar-refractivity contribution in [3.05, 3.63) is 47.4 Å². The van der Waals surface area contributed by atoms with E-state index in [1.54, 1.807) is 6.26 Å². The molecule has 2 aromatic rings. The van der Waals surface area contributed by atoms with Crippen LogP contribution in [0.2, 0.25) is 0 Å². The number of nitrogens with one attached hydrogen (secondary N) is 1. The van der Waals surface area contributed by atoms with Crippen LogP contribution in [-0.4, -0.2) is 41.8 Å². The number of carbonyl (C=O) groups is 1. The Hall–Kier alpha value is -2.31. The van der Waals surface area contributed by atoms with Crippen molar-refractivity contribution >= 4 is 16.9 Å². The molecule has 0 spiro atoms. The van der Waals surface area contributed by atoms with Crippen LogP contribution in [-0.2, 0) is 20.7 Å². The number of carbonyl (C=O) groups excluding carboxylic acids is 1. The van der Waals surface area contributed by atoms with Gasteiger partial charge in [0.15, 0.2) is 0 Å². The van der Waals surface area contributed by atoms with Crippen molar-refractivity contribution in [2.75, 3.05) is 13.7 Å². The molecule has 6 nitrogen and oxygen atoms in total. The van der Waals surface area contributed by atoms with Crippen LogP contribution >= 0.6 is 0 Å². The quantitative estimate of drug-likeness (QED) is 0.757. The highest BCUT2D eigenvalue weighted by Crippen LogP contribution is 2.49. The van der Waals surface area contributed by atoms with E-state index in [0.717, 1.165) is 19.4 Å². The van der Waals surface area contributed by atoms with Gasteiger partial charge < -0.3 is 20.2 Å². The zero-order valence-electron chi connectivity index (χ0n) is 15.6. The third-order valence-corrected chi connectivity index (χ3v) is 6.69. The molecule has 5 atom stereocenters. The van der Waals surface area contributed by atoms with Crippen molar-refractivity contribution in [1.29, 1.82) is 0 Å². The first-order valence-electron chi connectivity index (χ1n) is 9.64. The number of para-hydroxylation sites is 1. The van der Waals surface area contributed by atoms with Gasteiger partial charge in [0.1, 0.15) is 6.10 Å². The fourth-order valence-corrected chi connectivity index (χ4v) is 5.42. The van der Waals surface area contributed by atoms with Crippen LogP contribution in [0.15, 0.2) is 36.1 Å². The highest BCUT2D eigenvalue weighted by Gasteiger charge is 2.51. The van der Waals surface area contributed by atoms with E-state index in [2.05, 4.69) is 34.1 Å². The van der Waals surface area contributed by atoms with Gasteiger partial charge in [-0.15, -0.1) is 0 Å². The van der Waals surface area contributed by atoms with Crippen LogP contribution in [0.5, 0.6) is 0 Å². The zero-order chi connectivity index (χ0) is 18.7. The molecule has 3 aliphatic heterocycles. The van der Waals surface area contributed by atoms with Gasteiger partial charge in [-0.25, -0.2) is 4.79 Å². The molecule has 4 heterocycles. The molecular weight excluding hydrogens is 342 g/mol. The summed E-state index contributed by atoms with van der Waals surface area (Å²) in [6, 6.07) is 8.63. The molecule has 5 rings (SSSR count). The number of esters is 1.